The second kappa shape index (κ2) is 9.46. The number of anilines is 1. The molecule has 0 atom stereocenters. The third-order valence-electron chi connectivity index (χ3n) is 6.19. The minimum Gasteiger partial charge on any atom is -0.451 e. The number of amides is 2. The standard InChI is InChI=1S/C25H30N2O4S/c1-14-12-18-16(3)22(31-19(18)13-15(14)2)24(29)27-25-21(23(28)26-10-7-11-30-4)17-8-5-6-9-20(17)32-25/h12-13H,5-11H2,1-4H3,(H,26,28)(H,27,29). The maximum atomic E-state index is 13.2. The molecule has 0 unspecified atom stereocenters. The van der Waals surface area contributed by atoms with Crippen molar-refractivity contribution < 1.29 is 18.7 Å². The number of carbonyl (C=O) groups excluding carboxylic acids is 2. The van der Waals surface area contributed by atoms with Crippen molar-refractivity contribution in [1.29, 1.82) is 0 Å². The van der Waals surface area contributed by atoms with Crippen LogP contribution in [-0.4, -0.2) is 32.1 Å². The van der Waals surface area contributed by atoms with E-state index in [-0.39, 0.29) is 11.8 Å². The van der Waals surface area contributed by atoms with Crippen LogP contribution in [0.1, 0.15) is 67.3 Å². The van der Waals surface area contributed by atoms with E-state index >= 15 is 0 Å². The molecule has 6 nitrogen and oxygen atoms in total. The maximum absolute atomic E-state index is 13.2. The monoisotopic (exact) mass is 454 g/mol. The molecule has 0 bridgehead atoms. The number of hydrogen-bond acceptors (Lipinski definition) is 5. The summed E-state index contributed by atoms with van der Waals surface area (Å²) < 4.78 is 11.0. The van der Waals surface area contributed by atoms with E-state index in [9.17, 15) is 9.59 Å². The van der Waals surface area contributed by atoms with Gasteiger partial charge in [0.2, 0.25) is 0 Å². The Hall–Kier alpha value is -2.64. The highest BCUT2D eigenvalue weighted by Crippen LogP contribution is 2.39. The first-order chi connectivity index (χ1) is 15.4. The van der Waals surface area contributed by atoms with Crippen LogP contribution in [-0.2, 0) is 17.6 Å². The van der Waals surface area contributed by atoms with Crippen LogP contribution in [0.4, 0.5) is 5.00 Å². The van der Waals surface area contributed by atoms with Gasteiger partial charge in [0.1, 0.15) is 10.6 Å². The van der Waals surface area contributed by atoms with Crippen molar-refractivity contribution in [3.8, 4) is 0 Å². The topological polar surface area (TPSA) is 80.6 Å². The summed E-state index contributed by atoms with van der Waals surface area (Å²) in [5.41, 5.74) is 5.48. The molecule has 1 aromatic carbocycles. The molecular formula is C25H30N2O4S. The average molecular weight is 455 g/mol. The van der Waals surface area contributed by atoms with Crippen LogP contribution in [0.15, 0.2) is 16.5 Å². The number of ether oxygens (including phenoxy) is 1. The molecule has 3 aromatic rings. The van der Waals surface area contributed by atoms with E-state index < -0.39 is 0 Å². The Labute approximate surface area is 192 Å². The summed E-state index contributed by atoms with van der Waals surface area (Å²) in [5, 5.41) is 7.53. The second-order valence-electron chi connectivity index (χ2n) is 8.46. The van der Waals surface area contributed by atoms with Gasteiger partial charge in [-0.25, -0.2) is 0 Å². The Bertz CT molecular complexity index is 1170. The minimum atomic E-state index is -0.318. The molecule has 0 saturated heterocycles. The van der Waals surface area contributed by atoms with Crippen molar-refractivity contribution in [2.75, 3.05) is 25.6 Å². The average Bonchev–Trinajstić information content (AvgIpc) is 3.29. The zero-order chi connectivity index (χ0) is 22.8. The van der Waals surface area contributed by atoms with Gasteiger partial charge < -0.3 is 19.8 Å². The Morgan fingerprint density at radius 2 is 1.84 bits per heavy atom. The number of furan rings is 1. The highest BCUT2D eigenvalue weighted by molar-refractivity contribution is 7.17. The first kappa shape index (κ1) is 22.6. The van der Waals surface area contributed by atoms with E-state index in [1.54, 1.807) is 7.11 Å². The highest BCUT2D eigenvalue weighted by Gasteiger charge is 2.28. The number of rotatable bonds is 7. The van der Waals surface area contributed by atoms with Crippen molar-refractivity contribution >= 4 is 39.1 Å². The molecule has 1 aliphatic rings. The number of hydrogen-bond donors (Lipinski definition) is 2. The molecule has 7 heteroatoms. The third-order valence-corrected chi connectivity index (χ3v) is 7.40. The van der Waals surface area contributed by atoms with Gasteiger partial charge in [-0.15, -0.1) is 11.3 Å². The fourth-order valence-electron chi connectivity index (χ4n) is 4.25. The quantitative estimate of drug-likeness (QED) is 0.474. The predicted octanol–water partition coefficient (Wildman–Crippen LogP) is 5.32. The molecule has 4 rings (SSSR count). The van der Waals surface area contributed by atoms with E-state index in [0.717, 1.165) is 59.7 Å². The minimum absolute atomic E-state index is 0.136. The summed E-state index contributed by atoms with van der Waals surface area (Å²) in [6.07, 6.45) is 4.72. The lowest BCUT2D eigenvalue weighted by Gasteiger charge is -2.13. The number of fused-ring (bicyclic) bond motifs is 2. The molecule has 2 amide bonds. The summed E-state index contributed by atoms with van der Waals surface area (Å²) in [6, 6.07) is 4.03. The summed E-state index contributed by atoms with van der Waals surface area (Å²) in [4.78, 5) is 27.5. The van der Waals surface area contributed by atoms with Gasteiger partial charge in [0, 0.05) is 36.1 Å². The summed E-state index contributed by atoms with van der Waals surface area (Å²) in [7, 11) is 1.65. The molecule has 170 valence electrons. The van der Waals surface area contributed by atoms with Gasteiger partial charge in [0.25, 0.3) is 11.8 Å². The van der Waals surface area contributed by atoms with Crippen LogP contribution in [0.25, 0.3) is 11.0 Å². The fourth-order valence-corrected chi connectivity index (χ4v) is 5.54. The van der Waals surface area contributed by atoms with Crippen molar-refractivity contribution in [3.63, 3.8) is 0 Å². The Balaban J connectivity index is 1.63. The van der Waals surface area contributed by atoms with Crippen LogP contribution in [0.5, 0.6) is 0 Å². The van der Waals surface area contributed by atoms with Crippen LogP contribution >= 0.6 is 11.3 Å². The van der Waals surface area contributed by atoms with E-state index in [2.05, 4.69) is 23.6 Å². The first-order valence-corrected chi connectivity index (χ1v) is 12.0. The molecule has 2 heterocycles. The lowest BCUT2D eigenvalue weighted by Crippen LogP contribution is -2.27. The molecule has 0 fully saturated rings. The SMILES string of the molecule is COCCCNC(=O)c1c(NC(=O)c2oc3cc(C)c(C)cc3c2C)sc2c1CCCC2. The van der Waals surface area contributed by atoms with Crippen molar-refractivity contribution in [1.82, 2.24) is 5.32 Å². The van der Waals surface area contributed by atoms with E-state index in [1.807, 2.05) is 19.9 Å². The van der Waals surface area contributed by atoms with Gasteiger partial charge in [-0.2, -0.15) is 0 Å². The predicted molar refractivity (Wildman–Crippen MR) is 128 cm³/mol. The number of benzene rings is 1. The highest BCUT2D eigenvalue weighted by atomic mass is 32.1. The number of aryl methyl sites for hydroxylation is 4. The number of thiophene rings is 1. The molecule has 2 N–H and O–H groups in total. The van der Waals surface area contributed by atoms with E-state index in [0.29, 0.717) is 35.1 Å². The Kier molecular flexibility index (Phi) is 6.67. The molecule has 0 spiro atoms. The van der Waals surface area contributed by atoms with Crippen LogP contribution in [0.3, 0.4) is 0 Å². The van der Waals surface area contributed by atoms with Gasteiger partial charge in [0.05, 0.1) is 5.56 Å². The normalized spacial score (nSPS) is 13.2. The van der Waals surface area contributed by atoms with Crippen LogP contribution < -0.4 is 10.6 Å². The zero-order valence-electron chi connectivity index (χ0n) is 19.1. The van der Waals surface area contributed by atoms with Crippen molar-refractivity contribution in [3.05, 3.63) is 50.6 Å². The molecule has 2 aromatic heterocycles. The summed E-state index contributed by atoms with van der Waals surface area (Å²) in [5.74, 6) is -0.160. The van der Waals surface area contributed by atoms with Gasteiger partial charge in [0.15, 0.2) is 5.76 Å². The van der Waals surface area contributed by atoms with Gasteiger partial charge in [-0.3, -0.25) is 9.59 Å². The molecule has 0 aliphatic heterocycles. The fraction of sp³-hybridized carbons (Fsp3) is 0.440. The molecule has 32 heavy (non-hydrogen) atoms. The van der Waals surface area contributed by atoms with Crippen LogP contribution in [0.2, 0.25) is 0 Å². The second-order valence-corrected chi connectivity index (χ2v) is 9.57. The molecule has 0 saturated carbocycles. The third kappa shape index (κ3) is 4.32. The smallest absolute Gasteiger partial charge is 0.292 e. The van der Waals surface area contributed by atoms with Crippen LogP contribution in [0, 0.1) is 20.8 Å². The summed E-state index contributed by atoms with van der Waals surface area (Å²) >= 11 is 1.52. The largest absolute Gasteiger partial charge is 0.451 e. The zero-order valence-corrected chi connectivity index (χ0v) is 20.0. The maximum Gasteiger partial charge on any atom is 0.292 e. The molecule has 0 radical (unpaired) electrons. The molecular weight excluding hydrogens is 424 g/mol. The number of nitrogens with one attached hydrogen (secondary N) is 2. The lowest BCUT2D eigenvalue weighted by atomic mass is 9.95. The Morgan fingerprint density at radius 1 is 1.09 bits per heavy atom. The van der Waals surface area contributed by atoms with Gasteiger partial charge >= 0.3 is 0 Å². The first-order valence-electron chi connectivity index (χ1n) is 11.1. The molecule has 1 aliphatic carbocycles. The number of carbonyl (C=O) groups is 2. The van der Waals surface area contributed by atoms with Crippen molar-refractivity contribution in [2.45, 2.75) is 52.9 Å². The number of methoxy groups -OCH3 is 1. The van der Waals surface area contributed by atoms with Crippen molar-refractivity contribution in [2.24, 2.45) is 0 Å². The van der Waals surface area contributed by atoms with Gasteiger partial charge in [-0.1, -0.05) is 0 Å². The summed E-state index contributed by atoms with van der Waals surface area (Å²) in [6.45, 7) is 7.11. The lowest BCUT2D eigenvalue weighted by molar-refractivity contribution is 0.0948. The van der Waals surface area contributed by atoms with E-state index in [4.69, 9.17) is 9.15 Å². The Morgan fingerprint density at radius 3 is 2.62 bits per heavy atom. The van der Waals surface area contributed by atoms with Gasteiger partial charge in [-0.05, 0) is 81.7 Å². The van der Waals surface area contributed by atoms with E-state index in [1.165, 1.54) is 16.2 Å².